The molecule has 0 atom stereocenters. The van der Waals surface area contributed by atoms with E-state index >= 15 is 0 Å². The number of anilines is 1. The van der Waals surface area contributed by atoms with Gasteiger partial charge in [-0.3, -0.25) is 4.79 Å². The van der Waals surface area contributed by atoms with E-state index in [1.807, 2.05) is 49.6 Å². The lowest BCUT2D eigenvalue weighted by Gasteiger charge is -2.05. The van der Waals surface area contributed by atoms with Gasteiger partial charge in [0.05, 0.1) is 5.02 Å². The van der Waals surface area contributed by atoms with E-state index in [9.17, 15) is 4.79 Å². The zero-order valence-corrected chi connectivity index (χ0v) is 13.7. The van der Waals surface area contributed by atoms with Crippen LogP contribution in [0.2, 0.25) is 5.02 Å². The van der Waals surface area contributed by atoms with E-state index in [0.717, 1.165) is 21.5 Å². The van der Waals surface area contributed by atoms with Crippen LogP contribution in [0.15, 0.2) is 51.8 Å². The van der Waals surface area contributed by atoms with Crippen LogP contribution in [0, 0.1) is 6.92 Å². The number of carbonyl (C=O) groups is 1. The lowest BCUT2D eigenvalue weighted by atomic mass is 10.1. The Balaban J connectivity index is 1.95. The van der Waals surface area contributed by atoms with Crippen molar-refractivity contribution in [2.24, 2.45) is 0 Å². The number of nitrogens with one attached hydrogen (secondary N) is 1. The lowest BCUT2D eigenvalue weighted by molar-refractivity contribution is 0.0998. The molecule has 5 heteroatoms. The molecule has 0 bridgehead atoms. The number of para-hydroxylation sites is 1. The number of thioether (sulfide) groups is 1. The molecule has 2 aromatic carbocycles. The summed E-state index contributed by atoms with van der Waals surface area (Å²) < 4.78 is 5.67. The minimum atomic E-state index is -0.275. The first-order valence-electron chi connectivity index (χ1n) is 6.73. The number of aryl methyl sites for hydroxylation is 1. The van der Waals surface area contributed by atoms with Gasteiger partial charge in [-0.25, -0.2) is 0 Å². The number of carbonyl (C=O) groups excluding carboxylic acids is 1. The quantitative estimate of drug-likeness (QED) is 0.656. The number of rotatable bonds is 3. The molecule has 1 N–H and O–H groups in total. The second-order valence-electron chi connectivity index (χ2n) is 4.86. The molecule has 0 aliphatic carbocycles. The van der Waals surface area contributed by atoms with Crippen LogP contribution in [-0.2, 0) is 0 Å². The molecule has 0 fully saturated rings. The van der Waals surface area contributed by atoms with Crippen LogP contribution in [0.25, 0.3) is 11.0 Å². The summed E-state index contributed by atoms with van der Waals surface area (Å²) in [6, 6.07) is 13.2. The second-order valence-corrected chi connectivity index (χ2v) is 6.15. The number of halogens is 1. The Morgan fingerprint density at radius 3 is 2.73 bits per heavy atom. The molecule has 3 nitrogen and oxygen atoms in total. The minimum Gasteiger partial charge on any atom is -0.449 e. The summed E-state index contributed by atoms with van der Waals surface area (Å²) in [5.74, 6) is 0.0145. The number of hydrogen-bond donors (Lipinski definition) is 1. The van der Waals surface area contributed by atoms with Gasteiger partial charge in [0.25, 0.3) is 5.91 Å². The zero-order chi connectivity index (χ0) is 15.7. The maximum Gasteiger partial charge on any atom is 0.291 e. The van der Waals surface area contributed by atoms with Crippen molar-refractivity contribution in [3.05, 3.63) is 58.8 Å². The maximum atomic E-state index is 12.5. The standard InChI is InChI=1S/C17H14ClNO2S/c1-10-13-7-4-8-14(18)16(13)21-15(10)17(20)19-11-5-3-6-12(9-11)22-2/h3-9H,1-2H3,(H,19,20). The van der Waals surface area contributed by atoms with Crippen molar-refractivity contribution in [1.82, 2.24) is 0 Å². The minimum absolute atomic E-state index is 0.275. The smallest absolute Gasteiger partial charge is 0.291 e. The molecule has 112 valence electrons. The largest absolute Gasteiger partial charge is 0.449 e. The Bertz CT molecular complexity index is 857. The van der Waals surface area contributed by atoms with Crippen LogP contribution >= 0.6 is 23.4 Å². The average Bonchev–Trinajstić information content (AvgIpc) is 2.86. The van der Waals surface area contributed by atoms with Gasteiger partial charge in [0.15, 0.2) is 11.3 Å². The van der Waals surface area contributed by atoms with Gasteiger partial charge in [0.2, 0.25) is 0 Å². The van der Waals surface area contributed by atoms with Crippen molar-refractivity contribution in [3.63, 3.8) is 0 Å². The van der Waals surface area contributed by atoms with Gasteiger partial charge in [0, 0.05) is 21.5 Å². The normalized spacial score (nSPS) is 10.9. The highest BCUT2D eigenvalue weighted by Crippen LogP contribution is 2.31. The molecule has 0 aliphatic rings. The molecular weight excluding hydrogens is 318 g/mol. The molecule has 22 heavy (non-hydrogen) atoms. The highest BCUT2D eigenvalue weighted by Gasteiger charge is 2.19. The molecule has 0 saturated carbocycles. The summed E-state index contributed by atoms with van der Waals surface area (Å²) in [7, 11) is 0. The number of amides is 1. The summed E-state index contributed by atoms with van der Waals surface area (Å²) in [6.45, 7) is 1.86. The van der Waals surface area contributed by atoms with E-state index in [0.29, 0.717) is 10.6 Å². The summed E-state index contributed by atoms with van der Waals surface area (Å²) in [5, 5.41) is 4.23. The molecule has 1 amide bonds. The molecule has 0 aliphatic heterocycles. The van der Waals surface area contributed by atoms with Crippen molar-refractivity contribution < 1.29 is 9.21 Å². The Kier molecular flexibility index (Phi) is 4.14. The molecular formula is C17H14ClNO2S. The topological polar surface area (TPSA) is 42.2 Å². The number of benzene rings is 2. The van der Waals surface area contributed by atoms with E-state index in [2.05, 4.69) is 5.32 Å². The van der Waals surface area contributed by atoms with Gasteiger partial charge in [0.1, 0.15) is 0 Å². The SMILES string of the molecule is CSc1cccc(NC(=O)c2oc3c(Cl)cccc3c2C)c1. The number of fused-ring (bicyclic) bond motifs is 1. The van der Waals surface area contributed by atoms with Crippen LogP contribution in [-0.4, -0.2) is 12.2 Å². The summed E-state index contributed by atoms with van der Waals surface area (Å²) in [6.07, 6.45) is 1.99. The first-order valence-corrected chi connectivity index (χ1v) is 8.33. The third-order valence-electron chi connectivity index (χ3n) is 3.45. The first-order chi connectivity index (χ1) is 10.6. The van der Waals surface area contributed by atoms with Crippen molar-refractivity contribution in [2.45, 2.75) is 11.8 Å². The maximum absolute atomic E-state index is 12.5. The summed E-state index contributed by atoms with van der Waals surface area (Å²) >= 11 is 7.74. The van der Waals surface area contributed by atoms with Crippen molar-refractivity contribution in [3.8, 4) is 0 Å². The van der Waals surface area contributed by atoms with E-state index < -0.39 is 0 Å². The van der Waals surface area contributed by atoms with Gasteiger partial charge in [-0.1, -0.05) is 29.8 Å². The van der Waals surface area contributed by atoms with Crippen LogP contribution in [0.4, 0.5) is 5.69 Å². The number of hydrogen-bond acceptors (Lipinski definition) is 3. The Labute approximate surface area is 137 Å². The van der Waals surface area contributed by atoms with Gasteiger partial charge < -0.3 is 9.73 Å². The summed E-state index contributed by atoms with van der Waals surface area (Å²) in [5.41, 5.74) is 2.07. The number of furan rings is 1. The van der Waals surface area contributed by atoms with E-state index in [1.165, 1.54) is 0 Å². The molecule has 3 aromatic rings. The van der Waals surface area contributed by atoms with Crippen molar-refractivity contribution >= 4 is 45.9 Å². The fourth-order valence-corrected chi connectivity index (χ4v) is 2.99. The predicted octanol–water partition coefficient (Wildman–Crippen LogP) is 5.37. The highest BCUT2D eigenvalue weighted by molar-refractivity contribution is 7.98. The highest BCUT2D eigenvalue weighted by atomic mass is 35.5. The van der Waals surface area contributed by atoms with E-state index in [4.69, 9.17) is 16.0 Å². The first kappa shape index (κ1) is 15.0. The van der Waals surface area contributed by atoms with Crippen molar-refractivity contribution in [2.75, 3.05) is 11.6 Å². The monoisotopic (exact) mass is 331 g/mol. The third kappa shape index (κ3) is 2.72. The van der Waals surface area contributed by atoms with Crippen molar-refractivity contribution in [1.29, 1.82) is 0 Å². The molecule has 0 unspecified atom stereocenters. The fourth-order valence-electron chi connectivity index (χ4n) is 2.31. The third-order valence-corrected chi connectivity index (χ3v) is 4.47. The molecule has 3 rings (SSSR count). The van der Waals surface area contributed by atoms with Gasteiger partial charge >= 0.3 is 0 Å². The van der Waals surface area contributed by atoms with Gasteiger partial charge in [-0.2, -0.15) is 0 Å². The Morgan fingerprint density at radius 1 is 1.23 bits per heavy atom. The predicted molar refractivity (Wildman–Crippen MR) is 92.1 cm³/mol. The molecule has 0 spiro atoms. The molecule has 0 radical (unpaired) electrons. The van der Waals surface area contributed by atoms with Crippen LogP contribution in [0.3, 0.4) is 0 Å². The summed E-state index contributed by atoms with van der Waals surface area (Å²) in [4.78, 5) is 13.5. The van der Waals surface area contributed by atoms with Gasteiger partial charge in [-0.15, -0.1) is 11.8 Å². The average molecular weight is 332 g/mol. The van der Waals surface area contributed by atoms with Crippen LogP contribution in [0.5, 0.6) is 0 Å². The van der Waals surface area contributed by atoms with Crippen LogP contribution < -0.4 is 5.32 Å². The van der Waals surface area contributed by atoms with E-state index in [-0.39, 0.29) is 11.7 Å². The zero-order valence-electron chi connectivity index (χ0n) is 12.1. The Morgan fingerprint density at radius 2 is 2.00 bits per heavy atom. The molecule has 1 heterocycles. The van der Waals surface area contributed by atoms with E-state index in [1.54, 1.807) is 17.8 Å². The van der Waals surface area contributed by atoms with Crippen LogP contribution in [0.1, 0.15) is 16.1 Å². The molecule has 0 saturated heterocycles. The fraction of sp³-hybridized carbons (Fsp3) is 0.118. The molecule has 1 aromatic heterocycles. The second kappa shape index (κ2) is 6.07. The lowest BCUT2D eigenvalue weighted by Crippen LogP contribution is -2.12. The Hall–Kier alpha value is -1.91. The van der Waals surface area contributed by atoms with Gasteiger partial charge in [-0.05, 0) is 37.4 Å².